The van der Waals surface area contributed by atoms with Crippen LogP contribution in [0.25, 0.3) is 6.08 Å². The van der Waals surface area contributed by atoms with Gasteiger partial charge in [0.25, 0.3) is 5.91 Å². The summed E-state index contributed by atoms with van der Waals surface area (Å²) < 4.78 is 16.1. The Morgan fingerprint density at radius 1 is 1.17 bits per heavy atom. The van der Waals surface area contributed by atoms with Crippen molar-refractivity contribution in [2.45, 2.75) is 13.8 Å². The lowest BCUT2D eigenvalue weighted by atomic mass is 10.1. The Hall–Kier alpha value is -3.31. The number of rotatable bonds is 8. The van der Waals surface area contributed by atoms with Gasteiger partial charge in [-0.25, -0.2) is 4.79 Å². The number of carbonyl (C=O) groups is 2. The average Bonchev–Trinajstić information content (AvgIpc) is 2.74. The van der Waals surface area contributed by atoms with E-state index in [0.717, 1.165) is 5.56 Å². The van der Waals surface area contributed by atoms with Crippen LogP contribution < -0.4 is 14.8 Å². The number of ether oxygens (including phenoxy) is 3. The molecule has 0 fully saturated rings. The van der Waals surface area contributed by atoms with Gasteiger partial charge in [0.1, 0.15) is 11.6 Å². The average molecular weight is 473 g/mol. The number of carbonyl (C=O) groups excluding carboxylic acids is 2. The van der Waals surface area contributed by atoms with Gasteiger partial charge in [0.15, 0.2) is 18.1 Å². The van der Waals surface area contributed by atoms with E-state index in [1.807, 2.05) is 25.1 Å². The molecule has 0 radical (unpaired) electrons. The summed E-state index contributed by atoms with van der Waals surface area (Å²) in [6, 6.07) is 12.4. The predicted octanol–water partition coefficient (Wildman–Crippen LogP) is 4.25. The fraction of sp³-hybridized carbons (Fsp3) is 0.227. The van der Waals surface area contributed by atoms with Crippen LogP contribution >= 0.6 is 15.9 Å². The fourth-order valence-electron chi connectivity index (χ4n) is 2.38. The number of hydrogen-bond donors (Lipinski definition) is 1. The van der Waals surface area contributed by atoms with Gasteiger partial charge >= 0.3 is 5.97 Å². The van der Waals surface area contributed by atoms with E-state index in [-0.39, 0.29) is 12.2 Å². The summed E-state index contributed by atoms with van der Waals surface area (Å²) >= 11 is 3.40. The van der Waals surface area contributed by atoms with Crippen LogP contribution in [0.15, 0.2) is 46.4 Å². The number of nitrogens with one attached hydrogen (secondary N) is 1. The molecule has 0 aliphatic heterocycles. The molecule has 7 nitrogen and oxygen atoms in total. The SMILES string of the molecule is CCOc1cc(/C=C(\C#N)C(=O)Nc2ccc(C)cc2)c(Br)cc1OCC(=O)OC. The van der Waals surface area contributed by atoms with Crippen molar-refractivity contribution in [3.05, 3.63) is 57.6 Å². The van der Waals surface area contributed by atoms with Crippen molar-refractivity contribution in [2.75, 3.05) is 25.6 Å². The summed E-state index contributed by atoms with van der Waals surface area (Å²) in [7, 11) is 1.27. The van der Waals surface area contributed by atoms with Gasteiger partial charge in [-0.15, -0.1) is 0 Å². The molecule has 0 heterocycles. The highest BCUT2D eigenvalue weighted by Gasteiger charge is 2.15. The van der Waals surface area contributed by atoms with Crippen molar-refractivity contribution in [1.29, 1.82) is 5.26 Å². The zero-order valence-corrected chi connectivity index (χ0v) is 18.4. The maximum Gasteiger partial charge on any atom is 0.343 e. The molecular formula is C22H21BrN2O5. The van der Waals surface area contributed by atoms with Gasteiger partial charge < -0.3 is 19.5 Å². The lowest BCUT2D eigenvalue weighted by Gasteiger charge is -2.13. The van der Waals surface area contributed by atoms with Gasteiger partial charge in [-0.2, -0.15) is 5.26 Å². The Labute approximate surface area is 183 Å². The Kier molecular flexibility index (Phi) is 8.44. The number of anilines is 1. The molecule has 1 amide bonds. The van der Waals surface area contributed by atoms with E-state index in [0.29, 0.717) is 33.8 Å². The van der Waals surface area contributed by atoms with Crippen molar-refractivity contribution in [3.8, 4) is 17.6 Å². The van der Waals surface area contributed by atoms with Crippen molar-refractivity contribution >= 4 is 39.6 Å². The molecule has 0 unspecified atom stereocenters. The molecule has 8 heteroatoms. The minimum Gasteiger partial charge on any atom is -0.490 e. The summed E-state index contributed by atoms with van der Waals surface area (Å²) in [6.45, 7) is 3.83. The first-order valence-electron chi connectivity index (χ1n) is 9.03. The first-order chi connectivity index (χ1) is 14.4. The number of esters is 1. The topological polar surface area (TPSA) is 97.6 Å². The minimum atomic E-state index is -0.530. The highest BCUT2D eigenvalue weighted by Crippen LogP contribution is 2.35. The van der Waals surface area contributed by atoms with E-state index in [2.05, 4.69) is 26.0 Å². The van der Waals surface area contributed by atoms with Crippen molar-refractivity contribution < 1.29 is 23.8 Å². The zero-order chi connectivity index (χ0) is 22.1. The maximum absolute atomic E-state index is 12.5. The van der Waals surface area contributed by atoms with E-state index in [1.165, 1.54) is 13.2 Å². The van der Waals surface area contributed by atoms with E-state index >= 15 is 0 Å². The van der Waals surface area contributed by atoms with E-state index in [9.17, 15) is 14.9 Å². The normalized spacial score (nSPS) is 10.7. The molecule has 1 N–H and O–H groups in total. The number of aryl methyl sites for hydroxylation is 1. The second-order valence-electron chi connectivity index (χ2n) is 6.11. The van der Waals surface area contributed by atoms with Gasteiger partial charge in [0, 0.05) is 10.2 Å². The third-order valence-corrected chi connectivity index (χ3v) is 4.60. The standard InChI is InChI=1S/C22H21BrN2O5/c1-4-29-19-10-15(18(23)11-20(19)30-13-21(26)28-3)9-16(12-24)22(27)25-17-7-5-14(2)6-8-17/h5-11H,4,13H2,1-3H3,(H,25,27)/b16-9+. The van der Waals surface area contributed by atoms with Crippen LogP contribution in [-0.2, 0) is 14.3 Å². The number of benzene rings is 2. The molecule has 0 aromatic heterocycles. The van der Waals surface area contributed by atoms with E-state index in [4.69, 9.17) is 9.47 Å². The van der Waals surface area contributed by atoms with E-state index < -0.39 is 11.9 Å². The van der Waals surface area contributed by atoms with Crippen molar-refractivity contribution in [1.82, 2.24) is 0 Å². The summed E-state index contributed by atoms with van der Waals surface area (Å²) in [5.41, 5.74) is 2.11. The second kappa shape index (κ2) is 11.0. The van der Waals surface area contributed by atoms with Gasteiger partial charge in [-0.05, 0) is 49.8 Å². The summed E-state index contributed by atoms with van der Waals surface area (Å²) in [5, 5.41) is 12.2. The number of nitrogens with zero attached hydrogens (tertiary/aromatic N) is 1. The molecule has 0 spiro atoms. The lowest BCUT2D eigenvalue weighted by Crippen LogP contribution is -2.14. The molecular weight excluding hydrogens is 452 g/mol. The number of methoxy groups -OCH3 is 1. The van der Waals surface area contributed by atoms with Gasteiger partial charge in [-0.1, -0.05) is 33.6 Å². The van der Waals surface area contributed by atoms with Crippen LogP contribution in [0.3, 0.4) is 0 Å². The number of hydrogen-bond acceptors (Lipinski definition) is 6. The molecule has 2 rings (SSSR count). The van der Waals surface area contributed by atoms with Crippen molar-refractivity contribution in [3.63, 3.8) is 0 Å². The first-order valence-corrected chi connectivity index (χ1v) is 9.83. The molecule has 0 aliphatic carbocycles. The number of amides is 1. The molecule has 0 aliphatic rings. The Bertz CT molecular complexity index is 994. The molecule has 2 aromatic rings. The quantitative estimate of drug-likeness (QED) is 0.350. The smallest absolute Gasteiger partial charge is 0.343 e. The van der Waals surface area contributed by atoms with Crippen LogP contribution in [0.2, 0.25) is 0 Å². The molecule has 2 aromatic carbocycles. The van der Waals surface area contributed by atoms with Crippen LogP contribution in [0, 0.1) is 18.3 Å². The highest BCUT2D eigenvalue weighted by atomic mass is 79.9. The third-order valence-electron chi connectivity index (χ3n) is 3.91. The molecule has 156 valence electrons. The van der Waals surface area contributed by atoms with Gasteiger partial charge in [0.2, 0.25) is 0 Å². The van der Waals surface area contributed by atoms with Crippen LogP contribution in [0.4, 0.5) is 5.69 Å². The minimum absolute atomic E-state index is 0.0815. The Morgan fingerprint density at radius 2 is 1.83 bits per heavy atom. The maximum atomic E-state index is 12.5. The molecule has 0 saturated heterocycles. The van der Waals surface area contributed by atoms with Gasteiger partial charge in [-0.3, -0.25) is 4.79 Å². The zero-order valence-electron chi connectivity index (χ0n) is 16.8. The molecule has 30 heavy (non-hydrogen) atoms. The largest absolute Gasteiger partial charge is 0.490 e. The summed E-state index contributed by atoms with van der Waals surface area (Å²) in [5.74, 6) is -0.365. The summed E-state index contributed by atoms with van der Waals surface area (Å²) in [4.78, 5) is 23.9. The first kappa shape index (κ1) is 23.0. The molecule has 0 atom stereocenters. The van der Waals surface area contributed by atoms with Crippen LogP contribution in [0.5, 0.6) is 11.5 Å². The van der Waals surface area contributed by atoms with Crippen LogP contribution in [-0.4, -0.2) is 32.2 Å². The molecule has 0 bridgehead atoms. The Morgan fingerprint density at radius 3 is 2.43 bits per heavy atom. The summed E-state index contributed by atoms with van der Waals surface area (Å²) in [6.07, 6.45) is 1.44. The van der Waals surface area contributed by atoms with Crippen LogP contribution in [0.1, 0.15) is 18.1 Å². The Balaban J connectivity index is 2.30. The lowest BCUT2D eigenvalue weighted by molar-refractivity contribution is -0.142. The molecule has 0 saturated carbocycles. The fourth-order valence-corrected chi connectivity index (χ4v) is 2.81. The highest BCUT2D eigenvalue weighted by molar-refractivity contribution is 9.10. The van der Waals surface area contributed by atoms with E-state index in [1.54, 1.807) is 31.2 Å². The van der Waals surface area contributed by atoms with Crippen molar-refractivity contribution in [2.24, 2.45) is 0 Å². The monoisotopic (exact) mass is 472 g/mol. The number of nitriles is 1. The third kappa shape index (κ3) is 6.36. The second-order valence-corrected chi connectivity index (χ2v) is 6.96. The van der Waals surface area contributed by atoms with Gasteiger partial charge in [0.05, 0.1) is 13.7 Å². The number of halogens is 1. The predicted molar refractivity (Wildman–Crippen MR) is 116 cm³/mol.